The summed E-state index contributed by atoms with van der Waals surface area (Å²) in [4.78, 5) is 4.26. The standard InChI is InChI=1S/C9H19N3O/c1-9(2,3)7(6-4-5-6)11-8(10)12-13/h6-7,13H,4-5H2,1-3H3,(H3,10,11,12). The van der Waals surface area contributed by atoms with Crippen molar-refractivity contribution in [3.8, 4) is 0 Å². The Bertz CT molecular complexity index is 203. The lowest BCUT2D eigenvalue weighted by Crippen LogP contribution is -2.35. The Morgan fingerprint density at radius 2 is 2.08 bits per heavy atom. The Balaban J connectivity index is 2.68. The molecule has 0 spiro atoms. The van der Waals surface area contributed by atoms with Crippen molar-refractivity contribution in [2.75, 3.05) is 0 Å². The first-order chi connectivity index (χ1) is 5.95. The minimum atomic E-state index is 0.114. The van der Waals surface area contributed by atoms with E-state index in [0.29, 0.717) is 5.92 Å². The fourth-order valence-corrected chi connectivity index (χ4v) is 1.60. The van der Waals surface area contributed by atoms with Crippen molar-refractivity contribution in [2.45, 2.75) is 39.7 Å². The number of rotatable bonds is 2. The van der Waals surface area contributed by atoms with Gasteiger partial charge in [0.25, 0.3) is 0 Å². The molecule has 1 fully saturated rings. The molecule has 0 aliphatic heterocycles. The molecule has 0 radical (unpaired) electrons. The fourth-order valence-electron chi connectivity index (χ4n) is 1.60. The van der Waals surface area contributed by atoms with Gasteiger partial charge in [0, 0.05) is 0 Å². The Morgan fingerprint density at radius 1 is 1.54 bits per heavy atom. The minimum Gasteiger partial charge on any atom is -0.368 e. The summed E-state index contributed by atoms with van der Waals surface area (Å²) in [6, 6.07) is 0.215. The van der Waals surface area contributed by atoms with Crippen LogP contribution in [0.1, 0.15) is 33.6 Å². The number of hydrogen-bond acceptors (Lipinski definition) is 2. The van der Waals surface area contributed by atoms with Crippen LogP contribution in [-0.4, -0.2) is 17.2 Å². The van der Waals surface area contributed by atoms with Crippen LogP contribution in [0.25, 0.3) is 0 Å². The minimum absolute atomic E-state index is 0.114. The second kappa shape index (κ2) is 3.54. The number of hydroxylamine groups is 1. The van der Waals surface area contributed by atoms with Gasteiger partial charge in [-0.25, -0.2) is 10.5 Å². The molecule has 0 aromatic rings. The topological polar surface area (TPSA) is 70.6 Å². The summed E-state index contributed by atoms with van der Waals surface area (Å²) >= 11 is 0. The highest BCUT2D eigenvalue weighted by Gasteiger charge is 2.38. The smallest absolute Gasteiger partial charge is 0.213 e. The normalized spacial score (nSPS) is 21.4. The number of aliphatic imine (C=N–C) groups is 1. The maximum Gasteiger partial charge on any atom is 0.213 e. The fraction of sp³-hybridized carbons (Fsp3) is 0.889. The van der Waals surface area contributed by atoms with Gasteiger partial charge >= 0.3 is 0 Å². The molecule has 1 aliphatic carbocycles. The lowest BCUT2D eigenvalue weighted by atomic mass is 9.84. The van der Waals surface area contributed by atoms with Crippen LogP contribution in [0, 0.1) is 11.3 Å². The molecule has 1 unspecified atom stereocenters. The van der Waals surface area contributed by atoms with E-state index in [2.05, 4.69) is 25.8 Å². The summed E-state index contributed by atoms with van der Waals surface area (Å²) in [7, 11) is 0. The van der Waals surface area contributed by atoms with Crippen molar-refractivity contribution in [1.29, 1.82) is 0 Å². The highest BCUT2D eigenvalue weighted by atomic mass is 16.5. The first-order valence-electron chi connectivity index (χ1n) is 4.68. The quantitative estimate of drug-likeness (QED) is 0.343. The molecule has 0 saturated heterocycles. The van der Waals surface area contributed by atoms with Gasteiger partial charge in [-0.05, 0) is 24.2 Å². The molecule has 0 amide bonds. The SMILES string of the molecule is CC(C)(C)C(N=C(N)NO)C1CC1. The third kappa shape index (κ3) is 2.88. The molecular formula is C9H19N3O. The summed E-state index contributed by atoms with van der Waals surface area (Å²) in [5.74, 6) is 0.763. The molecule has 76 valence electrons. The monoisotopic (exact) mass is 185 g/mol. The molecule has 0 heterocycles. The van der Waals surface area contributed by atoms with Crippen LogP contribution < -0.4 is 11.2 Å². The van der Waals surface area contributed by atoms with Crippen molar-refractivity contribution < 1.29 is 5.21 Å². The molecule has 1 rings (SSSR count). The third-order valence-corrected chi connectivity index (χ3v) is 2.35. The van der Waals surface area contributed by atoms with Crippen molar-refractivity contribution in [1.82, 2.24) is 5.48 Å². The molecule has 1 atom stereocenters. The predicted octanol–water partition coefficient (Wildman–Crippen LogP) is 1.10. The zero-order chi connectivity index (χ0) is 10.1. The first kappa shape index (κ1) is 10.3. The van der Waals surface area contributed by atoms with E-state index in [1.807, 2.05) is 5.48 Å². The van der Waals surface area contributed by atoms with Crippen molar-refractivity contribution in [3.63, 3.8) is 0 Å². The number of nitrogens with one attached hydrogen (secondary N) is 1. The van der Waals surface area contributed by atoms with Gasteiger partial charge in [-0.15, -0.1) is 0 Å². The average molecular weight is 185 g/mol. The average Bonchev–Trinajstić information content (AvgIpc) is 2.80. The molecule has 1 saturated carbocycles. The van der Waals surface area contributed by atoms with E-state index >= 15 is 0 Å². The number of guanidine groups is 1. The molecule has 0 bridgehead atoms. The summed E-state index contributed by atoms with van der Waals surface area (Å²) in [6.07, 6.45) is 2.45. The number of nitrogens with two attached hydrogens (primary N) is 1. The van der Waals surface area contributed by atoms with Crippen LogP contribution in [0.2, 0.25) is 0 Å². The van der Waals surface area contributed by atoms with Crippen LogP contribution >= 0.6 is 0 Å². The molecule has 13 heavy (non-hydrogen) atoms. The zero-order valence-corrected chi connectivity index (χ0v) is 8.54. The van der Waals surface area contributed by atoms with Gasteiger partial charge in [0.05, 0.1) is 6.04 Å². The van der Waals surface area contributed by atoms with Gasteiger partial charge in [0.1, 0.15) is 0 Å². The molecule has 4 N–H and O–H groups in total. The van der Waals surface area contributed by atoms with E-state index in [0.717, 1.165) is 0 Å². The molecule has 4 nitrogen and oxygen atoms in total. The van der Waals surface area contributed by atoms with E-state index in [-0.39, 0.29) is 17.4 Å². The third-order valence-electron chi connectivity index (χ3n) is 2.35. The van der Waals surface area contributed by atoms with Crippen LogP contribution in [0.5, 0.6) is 0 Å². The zero-order valence-electron chi connectivity index (χ0n) is 8.54. The second-order valence-corrected chi connectivity index (χ2v) is 4.77. The van der Waals surface area contributed by atoms with Crippen LogP contribution in [0.4, 0.5) is 0 Å². The van der Waals surface area contributed by atoms with Gasteiger partial charge in [-0.1, -0.05) is 20.8 Å². The summed E-state index contributed by atoms with van der Waals surface area (Å²) < 4.78 is 0. The Hall–Kier alpha value is -0.770. The Morgan fingerprint density at radius 3 is 2.38 bits per heavy atom. The van der Waals surface area contributed by atoms with E-state index in [9.17, 15) is 0 Å². The maximum atomic E-state index is 8.55. The first-order valence-corrected chi connectivity index (χ1v) is 4.68. The van der Waals surface area contributed by atoms with Crippen LogP contribution in [0.15, 0.2) is 4.99 Å². The lowest BCUT2D eigenvalue weighted by molar-refractivity contribution is 0.228. The highest BCUT2D eigenvalue weighted by Crippen LogP contribution is 2.42. The van der Waals surface area contributed by atoms with Crippen LogP contribution in [-0.2, 0) is 0 Å². The maximum absolute atomic E-state index is 8.55. The number of nitrogens with zero attached hydrogens (tertiary/aromatic N) is 1. The van der Waals surface area contributed by atoms with Gasteiger partial charge in [-0.2, -0.15) is 0 Å². The van der Waals surface area contributed by atoms with Gasteiger partial charge < -0.3 is 5.73 Å². The van der Waals surface area contributed by atoms with E-state index in [1.54, 1.807) is 0 Å². The summed E-state index contributed by atoms with van der Waals surface area (Å²) in [6.45, 7) is 6.43. The lowest BCUT2D eigenvalue weighted by Gasteiger charge is -2.27. The van der Waals surface area contributed by atoms with Crippen molar-refractivity contribution in [3.05, 3.63) is 0 Å². The predicted molar refractivity (Wildman–Crippen MR) is 52.5 cm³/mol. The van der Waals surface area contributed by atoms with E-state index in [4.69, 9.17) is 10.9 Å². The molecule has 1 aliphatic rings. The molecular weight excluding hydrogens is 166 g/mol. The van der Waals surface area contributed by atoms with Gasteiger partial charge in [0.15, 0.2) is 0 Å². The largest absolute Gasteiger partial charge is 0.368 e. The Labute approximate surface area is 79.2 Å². The number of hydrogen-bond donors (Lipinski definition) is 3. The Kier molecular flexibility index (Phi) is 2.81. The highest BCUT2D eigenvalue weighted by molar-refractivity contribution is 5.76. The second-order valence-electron chi connectivity index (χ2n) is 4.77. The molecule has 4 heteroatoms. The van der Waals surface area contributed by atoms with Gasteiger partial charge in [0.2, 0.25) is 5.96 Å². The summed E-state index contributed by atoms with van der Waals surface area (Å²) in [5, 5.41) is 8.55. The molecule has 0 aromatic carbocycles. The van der Waals surface area contributed by atoms with Crippen molar-refractivity contribution >= 4 is 5.96 Å². The van der Waals surface area contributed by atoms with Gasteiger partial charge in [-0.3, -0.25) is 5.21 Å². The van der Waals surface area contributed by atoms with E-state index < -0.39 is 0 Å². The van der Waals surface area contributed by atoms with Crippen LogP contribution in [0.3, 0.4) is 0 Å². The van der Waals surface area contributed by atoms with Crippen molar-refractivity contribution in [2.24, 2.45) is 22.1 Å². The van der Waals surface area contributed by atoms with E-state index in [1.165, 1.54) is 12.8 Å². The molecule has 0 aromatic heterocycles. The summed E-state index contributed by atoms with van der Waals surface area (Å²) in [5.41, 5.74) is 7.42.